The number of rotatable bonds is 4. The van der Waals surface area contributed by atoms with Crippen molar-refractivity contribution in [2.75, 3.05) is 0 Å². The van der Waals surface area contributed by atoms with E-state index >= 15 is 0 Å². The maximum absolute atomic E-state index is 12.2. The van der Waals surface area contributed by atoms with E-state index in [1.165, 1.54) is 0 Å². The van der Waals surface area contributed by atoms with Gasteiger partial charge in [0.25, 0.3) is 0 Å². The molecule has 6 heteroatoms. The summed E-state index contributed by atoms with van der Waals surface area (Å²) in [5.41, 5.74) is 0.729. The summed E-state index contributed by atoms with van der Waals surface area (Å²) in [6.45, 7) is 0.281. The molecule has 0 spiro atoms. The zero-order valence-corrected chi connectivity index (χ0v) is 10.6. The van der Waals surface area contributed by atoms with Crippen molar-refractivity contribution in [3.63, 3.8) is 0 Å². The van der Waals surface area contributed by atoms with Crippen LogP contribution in [0.4, 0.5) is 0 Å². The Morgan fingerprint density at radius 3 is 2.65 bits per heavy atom. The largest absolute Gasteiger partial charge is 0.481 e. The van der Waals surface area contributed by atoms with Gasteiger partial charge >= 0.3 is 5.97 Å². The van der Waals surface area contributed by atoms with Gasteiger partial charge in [0.1, 0.15) is 5.92 Å². The fourth-order valence-electron chi connectivity index (χ4n) is 2.71. The molecule has 3 heterocycles. The molecule has 0 saturated carbocycles. The van der Waals surface area contributed by atoms with Gasteiger partial charge in [-0.3, -0.25) is 14.6 Å². The molecule has 6 nitrogen and oxygen atoms in total. The highest BCUT2D eigenvalue weighted by Crippen LogP contribution is 2.39. The fraction of sp³-hybridized carbons (Fsp3) is 0.357. The number of carboxylic acids is 1. The molecule has 2 N–H and O–H groups in total. The molecule has 1 aromatic heterocycles. The van der Waals surface area contributed by atoms with Crippen LogP contribution >= 0.6 is 0 Å². The third-order valence-electron chi connectivity index (χ3n) is 3.66. The van der Waals surface area contributed by atoms with Crippen molar-refractivity contribution in [2.24, 2.45) is 11.8 Å². The van der Waals surface area contributed by atoms with Crippen LogP contribution in [0, 0.1) is 11.8 Å². The normalized spacial score (nSPS) is 30.4. The predicted octanol–water partition coefficient (Wildman–Crippen LogP) is 0.352. The number of nitrogens with zero attached hydrogens (tertiary/aromatic N) is 1. The average molecular weight is 274 g/mol. The third kappa shape index (κ3) is 2.18. The molecule has 1 saturated heterocycles. The molecule has 20 heavy (non-hydrogen) atoms. The van der Waals surface area contributed by atoms with Crippen molar-refractivity contribution in [1.82, 2.24) is 10.3 Å². The molecule has 2 bridgehead atoms. The maximum atomic E-state index is 12.2. The van der Waals surface area contributed by atoms with E-state index in [9.17, 15) is 14.7 Å². The molecular formula is C14H14N2O4. The highest BCUT2D eigenvalue weighted by Gasteiger charge is 2.53. The van der Waals surface area contributed by atoms with Gasteiger partial charge in [0.15, 0.2) is 0 Å². The highest BCUT2D eigenvalue weighted by molar-refractivity contribution is 5.87. The number of pyridine rings is 1. The number of nitrogens with one attached hydrogen (secondary N) is 1. The Hall–Kier alpha value is -2.21. The molecule has 2 aliphatic heterocycles. The summed E-state index contributed by atoms with van der Waals surface area (Å²) in [5, 5.41) is 12.0. The molecule has 3 rings (SSSR count). The number of hydrogen-bond acceptors (Lipinski definition) is 4. The van der Waals surface area contributed by atoms with Crippen LogP contribution in [0.2, 0.25) is 0 Å². The van der Waals surface area contributed by atoms with Crippen LogP contribution in [0.15, 0.2) is 36.5 Å². The topological polar surface area (TPSA) is 88.5 Å². The number of aromatic nitrogens is 1. The van der Waals surface area contributed by atoms with Gasteiger partial charge in [-0.05, 0) is 12.1 Å². The SMILES string of the molecule is O=C(O)[C@@H]1[C@H](C(=O)NCc2ccccn2)[C@@H]2C=C[C@@H]1O2. The van der Waals surface area contributed by atoms with Gasteiger partial charge < -0.3 is 15.2 Å². The molecule has 4 atom stereocenters. The molecule has 0 aliphatic carbocycles. The predicted molar refractivity (Wildman–Crippen MR) is 68.5 cm³/mol. The minimum absolute atomic E-state index is 0.281. The van der Waals surface area contributed by atoms with E-state index in [-0.39, 0.29) is 12.5 Å². The summed E-state index contributed by atoms with van der Waals surface area (Å²) >= 11 is 0. The number of ether oxygens (including phenoxy) is 1. The molecular weight excluding hydrogens is 260 g/mol. The number of carbonyl (C=O) groups excluding carboxylic acids is 1. The van der Waals surface area contributed by atoms with Gasteiger partial charge in [0.2, 0.25) is 5.91 Å². The smallest absolute Gasteiger partial charge is 0.310 e. The van der Waals surface area contributed by atoms with E-state index in [2.05, 4.69) is 10.3 Å². The van der Waals surface area contributed by atoms with Crippen LogP contribution in [-0.2, 0) is 20.9 Å². The molecule has 1 amide bonds. The van der Waals surface area contributed by atoms with Gasteiger partial charge in [-0.25, -0.2) is 0 Å². The minimum Gasteiger partial charge on any atom is -0.481 e. The highest BCUT2D eigenvalue weighted by atomic mass is 16.5. The Kier molecular flexibility index (Phi) is 3.23. The standard InChI is InChI=1S/C14H14N2O4/c17-13(16-7-8-3-1-2-6-15-8)11-9-4-5-10(20-9)12(11)14(18)19/h1-6,9-12H,7H2,(H,16,17)(H,18,19)/t9-,10-,11+,12-/m0/s1. The van der Waals surface area contributed by atoms with Crippen molar-refractivity contribution >= 4 is 11.9 Å². The van der Waals surface area contributed by atoms with E-state index in [4.69, 9.17) is 4.74 Å². The average Bonchev–Trinajstić information content (AvgIpc) is 3.06. The second-order valence-corrected chi connectivity index (χ2v) is 4.88. The lowest BCUT2D eigenvalue weighted by molar-refractivity contribution is -0.146. The molecule has 2 aliphatic rings. The van der Waals surface area contributed by atoms with Gasteiger partial charge in [-0.15, -0.1) is 0 Å². The maximum Gasteiger partial charge on any atom is 0.310 e. The van der Waals surface area contributed by atoms with Crippen molar-refractivity contribution in [2.45, 2.75) is 18.8 Å². The first-order valence-corrected chi connectivity index (χ1v) is 6.41. The summed E-state index contributed by atoms with van der Waals surface area (Å²) < 4.78 is 5.46. The molecule has 0 radical (unpaired) electrons. The van der Waals surface area contributed by atoms with Crippen molar-refractivity contribution < 1.29 is 19.4 Å². The molecule has 104 valence electrons. The van der Waals surface area contributed by atoms with E-state index in [1.54, 1.807) is 30.5 Å². The summed E-state index contributed by atoms with van der Waals surface area (Å²) in [4.78, 5) is 27.6. The molecule has 0 aromatic carbocycles. The van der Waals surface area contributed by atoms with E-state index < -0.39 is 30.0 Å². The van der Waals surface area contributed by atoms with Crippen LogP contribution < -0.4 is 5.32 Å². The van der Waals surface area contributed by atoms with E-state index in [1.807, 2.05) is 6.07 Å². The fourth-order valence-corrected chi connectivity index (χ4v) is 2.71. The summed E-state index contributed by atoms with van der Waals surface area (Å²) in [7, 11) is 0. The number of aliphatic carboxylic acids is 1. The quantitative estimate of drug-likeness (QED) is 0.773. The number of hydrogen-bond donors (Lipinski definition) is 2. The van der Waals surface area contributed by atoms with E-state index in [0.717, 1.165) is 5.69 Å². The Bertz CT molecular complexity index is 558. The molecule has 1 aromatic rings. The van der Waals surface area contributed by atoms with Gasteiger partial charge in [-0.1, -0.05) is 18.2 Å². The van der Waals surface area contributed by atoms with Crippen molar-refractivity contribution in [1.29, 1.82) is 0 Å². The number of carboxylic acid groups (broad SMARTS) is 1. The lowest BCUT2D eigenvalue weighted by Crippen LogP contribution is -2.42. The van der Waals surface area contributed by atoms with Crippen molar-refractivity contribution in [3.05, 3.63) is 42.2 Å². The van der Waals surface area contributed by atoms with Crippen LogP contribution in [0.3, 0.4) is 0 Å². The van der Waals surface area contributed by atoms with Crippen LogP contribution in [-0.4, -0.2) is 34.2 Å². The zero-order valence-electron chi connectivity index (χ0n) is 10.6. The van der Waals surface area contributed by atoms with Crippen LogP contribution in [0.1, 0.15) is 5.69 Å². The van der Waals surface area contributed by atoms with Gasteiger partial charge in [-0.2, -0.15) is 0 Å². The third-order valence-corrected chi connectivity index (χ3v) is 3.66. The zero-order chi connectivity index (χ0) is 14.1. The number of amides is 1. The van der Waals surface area contributed by atoms with Gasteiger partial charge in [0, 0.05) is 6.20 Å². The van der Waals surface area contributed by atoms with Crippen LogP contribution in [0.25, 0.3) is 0 Å². The Morgan fingerprint density at radius 1 is 1.25 bits per heavy atom. The summed E-state index contributed by atoms with van der Waals surface area (Å²) in [6.07, 6.45) is 4.18. The Balaban J connectivity index is 1.68. The van der Waals surface area contributed by atoms with E-state index in [0.29, 0.717) is 0 Å². The molecule has 0 unspecified atom stereocenters. The first kappa shape index (κ1) is 12.8. The second kappa shape index (κ2) is 5.05. The first-order chi connectivity index (χ1) is 9.66. The summed E-state index contributed by atoms with van der Waals surface area (Å²) in [6, 6.07) is 5.42. The molecule has 1 fully saturated rings. The minimum atomic E-state index is -1.00. The Labute approximate surface area is 115 Å². The lowest BCUT2D eigenvalue weighted by Gasteiger charge is -2.20. The van der Waals surface area contributed by atoms with Crippen LogP contribution in [0.5, 0.6) is 0 Å². The number of carbonyl (C=O) groups is 2. The first-order valence-electron chi connectivity index (χ1n) is 6.41. The Morgan fingerprint density at radius 2 is 2.00 bits per heavy atom. The lowest BCUT2D eigenvalue weighted by atomic mass is 9.82. The number of fused-ring (bicyclic) bond motifs is 2. The van der Waals surface area contributed by atoms with Gasteiger partial charge in [0.05, 0.1) is 30.4 Å². The monoisotopic (exact) mass is 274 g/mol. The second-order valence-electron chi connectivity index (χ2n) is 4.88. The summed E-state index contributed by atoms with van der Waals surface area (Å²) in [5.74, 6) is -2.79. The van der Waals surface area contributed by atoms with Crippen molar-refractivity contribution in [3.8, 4) is 0 Å².